The van der Waals surface area contributed by atoms with Crippen LogP contribution in [0.1, 0.15) is 18.6 Å². The van der Waals surface area contributed by atoms with Crippen molar-refractivity contribution < 1.29 is 13.5 Å². The summed E-state index contributed by atoms with van der Waals surface area (Å²) >= 11 is 0. The molecule has 2 aromatic rings. The molecular formula is C16H18FNO2. The molecule has 4 heteroatoms. The molecule has 1 fully saturated rings. The second kappa shape index (κ2) is 6.20. The van der Waals surface area contributed by atoms with Crippen molar-refractivity contribution in [2.75, 3.05) is 13.2 Å². The number of nitrogens with one attached hydrogen (secondary N) is 1. The van der Waals surface area contributed by atoms with Crippen LogP contribution in [0.2, 0.25) is 0 Å². The second-order valence-electron chi connectivity index (χ2n) is 5.04. The van der Waals surface area contributed by atoms with Crippen molar-refractivity contribution in [3.8, 4) is 11.3 Å². The van der Waals surface area contributed by atoms with Gasteiger partial charge < -0.3 is 14.5 Å². The molecule has 1 aromatic heterocycles. The average Bonchev–Trinajstić information content (AvgIpc) is 3.11. The highest BCUT2D eigenvalue weighted by Gasteiger charge is 2.14. The number of halogens is 1. The Balaban J connectivity index is 1.55. The van der Waals surface area contributed by atoms with Gasteiger partial charge in [0.15, 0.2) is 0 Å². The van der Waals surface area contributed by atoms with Crippen LogP contribution < -0.4 is 5.32 Å². The number of hydrogen-bond acceptors (Lipinski definition) is 3. The van der Waals surface area contributed by atoms with E-state index in [-0.39, 0.29) is 5.82 Å². The first kappa shape index (κ1) is 13.3. The maximum absolute atomic E-state index is 12.9. The first-order valence-corrected chi connectivity index (χ1v) is 6.98. The Bertz CT molecular complexity index is 544. The molecule has 1 N–H and O–H groups in total. The van der Waals surface area contributed by atoms with Gasteiger partial charge in [0, 0.05) is 18.7 Å². The summed E-state index contributed by atoms with van der Waals surface area (Å²) in [6, 6.07) is 10.2. The zero-order valence-electron chi connectivity index (χ0n) is 11.3. The fraction of sp³-hybridized carbons (Fsp3) is 0.375. The second-order valence-corrected chi connectivity index (χ2v) is 5.04. The van der Waals surface area contributed by atoms with Gasteiger partial charge in [0.2, 0.25) is 0 Å². The summed E-state index contributed by atoms with van der Waals surface area (Å²) < 4.78 is 24.2. The maximum atomic E-state index is 12.9. The van der Waals surface area contributed by atoms with Crippen LogP contribution in [0.15, 0.2) is 40.8 Å². The highest BCUT2D eigenvalue weighted by Crippen LogP contribution is 2.22. The average molecular weight is 275 g/mol. The Morgan fingerprint density at radius 3 is 2.75 bits per heavy atom. The lowest BCUT2D eigenvalue weighted by Gasteiger charge is -2.09. The van der Waals surface area contributed by atoms with E-state index in [1.165, 1.54) is 12.1 Å². The minimum absolute atomic E-state index is 0.237. The lowest BCUT2D eigenvalue weighted by molar-refractivity contribution is 0.109. The van der Waals surface area contributed by atoms with Gasteiger partial charge in [-0.25, -0.2) is 4.39 Å². The zero-order chi connectivity index (χ0) is 13.8. The summed E-state index contributed by atoms with van der Waals surface area (Å²) in [7, 11) is 0. The fourth-order valence-corrected chi connectivity index (χ4v) is 2.40. The van der Waals surface area contributed by atoms with Gasteiger partial charge in [-0.3, -0.25) is 0 Å². The monoisotopic (exact) mass is 275 g/mol. The number of hydrogen-bond donors (Lipinski definition) is 1. The zero-order valence-corrected chi connectivity index (χ0v) is 11.3. The Morgan fingerprint density at radius 1 is 1.15 bits per heavy atom. The topological polar surface area (TPSA) is 34.4 Å². The van der Waals surface area contributed by atoms with Gasteiger partial charge in [-0.1, -0.05) is 0 Å². The SMILES string of the molecule is Fc1ccc(-c2ccc(CNC[C@@H]3CCCO3)o2)cc1. The summed E-state index contributed by atoms with van der Waals surface area (Å²) in [5.41, 5.74) is 0.886. The third-order valence-electron chi connectivity index (χ3n) is 3.49. The molecule has 0 radical (unpaired) electrons. The van der Waals surface area contributed by atoms with Crippen molar-refractivity contribution in [3.63, 3.8) is 0 Å². The molecule has 0 amide bonds. The number of ether oxygens (including phenoxy) is 1. The van der Waals surface area contributed by atoms with E-state index in [2.05, 4.69) is 5.32 Å². The number of rotatable bonds is 5. The normalized spacial score (nSPS) is 18.6. The van der Waals surface area contributed by atoms with Crippen LogP contribution in [0.4, 0.5) is 4.39 Å². The molecule has 0 spiro atoms. The summed E-state index contributed by atoms with van der Waals surface area (Å²) in [6.07, 6.45) is 2.62. The van der Waals surface area contributed by atoms with Crippen molar-refractivity contribution in [1.29, 1.82) is 0 Å². The molecule has 0 bridgehead atoms. The Labute approximate surface area is 117 Å². The minimum Gasteiger partial charge on any atom is -0.460 e. The molecule has 20 heavy (non-hydrogen) atoms. The summed E-state index contributed by atoms with van der Waals surface area (Å²) in [4.78, 5) is 0. The maximum Gasteiger partial charge on any atom is 0.134 e. The van der Waals surface area contributed by atoms with Gasteiger partial charge in [-0.15, -0.1) is 0 Å². The van der Waals surface area contributed by atoms with Crippen LogP contribution in [0, 0.1) is 5.82 Å². The van der Waals surface area contributed by atoms with Gasteiger partial charge in [0.1, 0.15) is 17.3 Å². The molecule has 3 rings (SSSR count). The quantitative estimate of drug-likeness (QED) is 0.908. The highest BCUT2D eigenvalue weighted by molar-refractivity contribution is 5.57. The van der Waals surface area contributed by atoms with Gasteiger partial charge >= 0.3 is 0 Å². The molecule has 0 aliphatic carbocycles. The van der Waals surface area contributed by atoms with Crippen molar-refractivity contribution in [2.45, 2.75) is 25.5 Å². The van der Waals surface area contributed by atoms with Crippen LogP contribution in [-0.4, -0.2) is 19.3 Å². The van der Waals surface area contributed by atoms with E-state index >= 15 is 0 Å². The highest BCUT2D eigenvalue weighted by atomic mass is 19.1. The first-order chi connectivity index (χ1) is 9.81. The summed E-state index contributed by atoms with van der Waals surface area (Å²) in [6.45, 7) is 2.41. The molecule has 2 heterocycles. The van der Waals surface area contributed by atoms with Crippen molar-refractivity contribution in [1.82, 2.24) is 5.32 Å². The van der Waals surface area contributed by atoms with Crippen LogP contribution in [0.3, 0.4) is 0 Å². The van der Waals surface area contributed by atoms with E-state index in [1.54, 1.807) is 12.1 Å². The standard InChI is InChI=1S/C16H18FNO2/c17-13-5-3-12(4-6-13)16-8-7-15(20-16)11-18-10-14-2-1-9-19-14/h3-8,14,18H,1-2,9-11H2/t14-/m0/s1. The largest absolute Gasteiger partial charge is 0.460 e. The van der Waals surface area contributed by atoms with E-state index in [0.717, 1.165) is 43.1 Å². The molecule has 3 nitrogen and oxygen atoms in total. The van der Waals surface area contributed by atoms with Crippen LogP contribution >= 0.6 is 0 Å². The van der Waals surface area contributed by atoms with Gasteiger partial charge in [0.05, 0.1) is 12.6 Å². The predicted octanol–water partition coefficient (Wildman–Crippen LogP) is 3.35. The minimum atomic E-state index is -0.237. The molecule has 1 atom stereocenters. The van der Waals surface area contributed by atoms with E-state index in [4.69, 9.17) is 9.15 Å². The van der Waals surface area contributed by atoms with Gasteiger partial charge in [0.25, 0.3) is 0 Å². The Kier molecular flexibility index (Phi) is 4.14. The van der Waals surface area contributed by atoms with Crippen molar-refractivity contribution in [2.24, 2.45) is 0 Å². The number of furan rings is 1. The third-order valence-corrected chi connectivity index (χ3v) is 3.49. The molecular weight excluding hydrogens is 257 g/mol. The molecule has 1 aliphatic heterocycles. The molecule has 0 unspecified atom stereocenters. The van der Waals surface area contributed by atoms with E-state index in [9.17, 15) is 4.39 Å². The van der Waals surface area contributed by atoms with Crippen molar-refractivity contribution >= 4 is 0 Å². The van der Waals surface area contributed by atoms with Gasteiger partial charge in [-0.05, 0) is 49.2 Å². The fourth-order valence-electron chi connectivity index (χ4n) is 2.40. The smallest absolute Gasteiger partial charge is 0.134 e. The molecule has 106 valence electrons. The van der Waals surface area contributed by atoms with Crippen molar-refractivity contribution in [3.05, 3.63) is 48.0 Å². The van der Waals surface area contributed by atoms with Crippen LogP contribution in [0.5, 0.6) is 0 Å². The Morgan fingerprint density at radius 2 is 2.00 bits per heavy atom. The number of benzene rings is 1. The molecule has 1 aromatic carbocycles. The lowest BCUT2D eigenvalue weighted by Crippen LogP contribution is -2.25. The summed E-state index contributed by atoms with van der Waals surface area (Å²) in [5, 5.41) is 3.34. The lowest BCUT2D eigenvalue weighted by atomic mass is 10.2. The van der Waals surface area contributed by atoms with E-state index < -0.39 is 0 Å². The van der Waals surface area contributed by atoms with E-state index in [1.807, 2.05) is 12.1 Å². The van der Waals surface area contributed by atoms with Crippen LogP contribution in [-0.2, 0) is 11.3 Å². The molecule has 1 saturated heterocycles. The summed E-state index contributed by atoms with van der Waals surface area (Å²) in [5.74, 6) is 1.40. The first-order valence-electron chi connectivity index (χ1n) is 6.98. The van der Waals surface area contributed by atoms with Crippen LogP contribution in [0.25, 0.3) is 11.3 Å². The van der Waals surface area contributed by atoms with Gasteiger partial charge in [-0.2, -0.15) is 0 Å². The molecule has 0 saturated carbocycles. The Hall–Kier alpha value is -1.65. The van der Waals surface area contributed by atoms with E-state index in [0.29, 0.717) is 12.6 Å². The predicted molar refractivity (Wildman–Crippen MR) is 74.8 cm³/mol. The molecule has 1 aliphatic rings. The third kappa shape index (κ3) is 3.26.